The summed E-state index contributed by atoms with van der Waals surface area (Å²) in [5, 5.41) is 3.30. The summed E-state index contributed by atoms with van der Waals surface area (Å²) in [7, 11) is 0. The van der Waals surface area contributed by atoms with Gasteiger partial charge in [-0.3, -0.25) is 9.36 Å². The Kier molecular flexibility index (Phi) is 4.70. The number of furan rings is 1. The Morgan fingerprint density at radius 2 is 2.33 bits per heavy atom. The molecule has 3 aromatic rings. The molecule has 0 aliphatic heterocycles. The molecule has 0 fully saturated rings. The molecule has 0 spiro atoms. The number of nitrogens with one attached hydrogen (secondary N) is 1. The SMILES string of the molecule is Cc1sc(-c2ccco2)nc1C(=O)NCCc1nccn1C(F)F. The quantitative estimate of drug-likeness (QED) is 0.739. The van der Waals surface area contributed by atoms with Crippen LogP contribution in [-0.2, 0) is 6.42 Å². The van der Waals surface area contributed by atoms with Gasteiger partial charge in [0.1, 0.15) is 11.5 Å². The van der Waals surface area contributed by atoms with Gasteiger partial charge in [-0.2, -0.15) is 8.78 Å². The lowest BCUT2D eigenvalue weighted by molar-refractivity contribution is 0.0670. The lowest BCUT2D eigenvalue weighted by Gasteiger charge is -2.07. The summed E-state index contributed by atoms with van der Waals surface area (Å²) in [5.74, 6) is 0.467. The molecule has 3 aromatic heterocycles. The largest absolute Gasteiger partial charge is 0.462 e. The van der Waals surface area contributed by atoms with E-state index in [1.54, 1.807) is 19.1 Å². The Labute approximate surface area is 140 Å². The van der Waals surface area contributed by atoms with Crippen LogP contribution in [0.25, 0.3) is 10.8 Å². The van der Waals surface area contributed by atoms with E-state index in [0.29, 0.717) is 16.5 Å². The zero-order valence-electron chi connectivity index (χ0n) is 12.7. The molecule has 0 bridgehead atoms. The molecule has 0 aliphatic carbocycles. The van der Waals surface area contributed by atoms with Gasteiger partial charge < -0.3 is 9.73 Å². The van der Waals surface area contributed by atoms with E-state index in [-0.39, 0.29) is 24.7 Å². The molecule has 0 atom stereocenters. The Bertz CT molecular complexity index is 827. The summed E-state index contributed by atoms with van der Waals surface area (Å²) >= 11 is 1.36. The topological polar surface area (TPSA) is 73.0 Å². The number of rotatable bonds is 6. The maximum absolute atomic E-state index is 12.7. The summed E-state index contributed by atoms with van der Waals surface area (Å²) in [6, 6.07) is 3.51. The number of hydrogen-bond acceptors (Lipinski definition) is 5. The Morgan fingerprint density at radius 1 is 1.50 bits per heavy atom. The van der Waals surface area contributed by atoms with E-state index in [0.717, 1.165) is 9.44 Å². The van der Waals surface area contributed by atoms with Crippen molar-refractivity contribution in [2.75, 3.05) is 6.54 Å². The summed E-state index contributed by atoms with van der Waals surface area (Å²) < 4.78 is 31.5. The van der Waals surface area contributed by atoms with Gasteiger partial charge in [0.25, 0.3) is 5.91 Å². The van der Waals surface area contributed by atoms with E-state index in [1.165, 1.54) is 30.0 Å². The number of nitrogens with zero attached hydrogens (tertiary/aromatic N) is 3. The molecular formula is C15H14F2N4O2S. The zero-order valence-corrected chi connectivity index (χ0v) is 13.5. The Balaban J connectivity index is 1.62. The van der Waals surface area contributed by atoms with Crippen molar-refractivity contribution >= 4 is 17.2 Å². The van der Waals surface area contributed by atoms with Gasteiger partial charge in [-0.15, -0.1) is 11.3 Å². The molecule has 126 valence electrons. The first-order chi connectivity index (χ1) is 11.6. The standard InChI is InChI=1S/C15H14F2N4O2S/c1-9-12(20-14(24-9)10-3-2-8-23-10)13(22)19-5-4-11-18-6-7-21(11)15(16)17/h2-3,6-8,15H,4-5H2,1H3,(H,19,22). The average molecular weight is 352 g/mol. The van der Waals surface area contributed by atoms with Gasteiger partial charge in [-0.25, -0.2) is 9.97 Å². The molecule has 9 heteroatoms. The molecule has 3 heterocycles. The molecule has 0 unspecified atom stereocenters. The Hall–Kier alpha value is -2.55. The molecule has 24 heavy (non-hydrogen) atoms. The minimum atomic E-state index is -2.64. The second kappa shape index (κ2) is 6.91. The van der Waals surface area contributed by atoms with Crippen molar-refractivity contribution in [3.63, 3.8) is 0 Å². The van der Waals surface area contributed by atoms with E-state index in [9.17, 15) is 13.6 Å². The predicted molar refractivity (Wildman–Crippen MR) is 84.1 cm³/mol. The first-order valence-electron chi connectivity index (χ1n) is 7.15. The third-order valence-corrected chi connectivity index (χ3v) is 4.32. The van der Waals surface area contributed by atoms with Gasteiger partial charge in [0.15, 0.2) is 10.8 Å². The number of imidazole rings is 1. The lowest BCUT2D eigenvalue weighted by atomic mass is 10.3. The molecule has 0 saturated heterocycles. The summed E-state index contributed by atoms with van der Waals surface area (Å²) in [6.45, 7) is -0.659. The van der Waals surface area contributed by atoms with E-state index < -0.39 is 6.55 Å². The fourth-order valence-electron chi connectivity index (χ4n) is 2.20. The highest BCUT2D eigenvalue weighted by molar-refractivity contribution is 7.15. The number of alkyl halides is 2. The first kappa shape index (κ1) is 16.3. The number of hydrogen-bond donors (Lipinski definition) is 1. The van der Waals surface area contributed by atoms with Crippen LogP contribution in [-0.4, -0.2) is 27.0 Å². The van der Waals surface area contributed by atoms with Crippen LogP contribution in [0.1, 0.15) is 27.7 Å². The van der Waals surface area contributed by atoms with Gasteiger partial charge in [0, 0.05) is 30.2 Å². The highest BCUT2D eigenvalue weighted by Crippen LogP contribution is 2.27. The van der Waals surface area contributed by atoms with Crippen molar-refractivity contribution < 1.29 is 18.0 Å². The highest BCUT2D eigenvalue weighted by Gasteiger charge is 2.18. The van der Waals surface area contributed by atoms with E-state index >= 15 is 0 Å². The number of amides is 1. The fourth-order valence-corrected chi connectivity index (χ4v) is 3.08. The molecule has 1 N–H and O–H groups in total. The molecule has 0 saturated carbocycles. The van der Waals surface area contributed by atoms with E-state index in [1.807, 2.05) is 0 Å². The maximum Gasteiger partial charge on any atom is 0.319 e. The van der Waals surface area contributed by atoms with Crippen LogP contribution >= 0.6 is 11.3 Å². The highest BCUT2D eigenvalue weighted by atomic mass is 32.1. The minimum absolute atomic E-state index is 0.190. The maximum atomic E-state index is 12.7. The third-order valence-electron chi connectivity index (χ3n) is 3.34. The van der Waals surface area contributed by atoms with Crippen LogP contribution in [0.5, 0.6) is 0 Å². The van der Waals surface area contributed by atoms with Gasteiger partial charge in [-0.05, 0) is 19.1 Å². The second-order valence-corrected chi connectivity index (χ2v) is 6.14. The monoisotopic (exact) mass is 352 g/mol. The lowest BCUT2D eigenvalue weighted by Crippen LogP contribution is -2.27. The summed E-state index contributed by atoms with van der Waals surface area (Å²) in [5.41, 5.74) is 0.309. The van der Waals surface area contributed by atoms with Gasteiger partial charge in [-0.1, -0.05) is 0 Å². The number of halogens is 2. The summed E-state index contributed by atoms with van der Waals surface area (Å²) in [6.07, 6.45) is 4.26. The van der Waals surface area contributed by atoms with Gasteiger partial charge in [0.05, 0.1) is 6.26 Å². The van der Waals surface area contributed by atoms with E-state index in [4.69, 9.17) is 4.42 Å². The van der Waals surface area contributed by atoms with Crippen molar-refractivity contribution in [2.45, 2.75) is 19.9 Å². The molecule has 0 aliphatic rings. The average Bonchev–Trinajstić information content (AvgIpc) is 3.26. The number of carbonyl (C=O) groups is 1. The van der Waals surface area contributed by atoms with Crippen LogP contribution in [0, 0.1) is 6.92 Å². The fraction of sp³-hybridized carbons (Fsp3) is 0.267. The number of aryl methyl sites for hydroxylation is 1. The smallest absolute Gasteiger partial charge is 0.319 e. The van der Waals surface area contributed by atoms with Crippen molar-refractivity contribution in [2.24, 2.45) is 0 Å². The number of thiazole rings is 1. The molecule has 3 rings (SSSR count). The number of carbonyl (C=O) groups excluding carboxylic acids is 1. The molecule has 1 amide bonds. The van der Waals surface area contributed by atoms with Crippen molar-refractivity contribution in [3.8, 4) is 10.8 Å². The van der Waals surface area contributed by atoms with Crippen LogP contribution in [0.2, 0.25) is 0 Å². The van der Waals surface area contributed by atoms with Crippen LogP contribution in [0.15, 0.2) is 35.2 Å². The van der Waals surface area contributed by atoms with Crippen molar-refractivity contribution in [1.29, 1.82) is 0 Å². The predicted octanol–water partition coefficient (Wildman–Crippen LogP) is 3.28. The third kappa shape index (κ3) is 3.35. The molecule has 6 nitrogen and oxygen atoms in total. The Morgan fingerprint density at radius 3 is 3.04 bits per heavy atom. The van der Waals surface area contributed by atoms with Gasteiger partial charge >= 0.3 is 6.55 Å². The molecule has 0 aromatic carbocycles. The van der Waals surface area contributed by atoms with E-state index in [2.05, 4.69) is 15.3 Å². The number of aromatic nitrogens is 3. The van der Waals surface area contributed by atoms with Crippen molar-refractivity contribution in [1.82, 2.24) is 19.9 Å². The molecular weight excluding hydrogens is 338 g/mol. The normalized spacial score (nSPS) is 11.2. The van der Waals surface area contributed by atoms with Gasteiger partial charge in [0.2, 0.25) is 0 Å². The minimum Gasteiger partial charge on any atom is -0.462 e. The summed E-state index contributed by atoms with van der Waals surface area (Å²) in [4.78, 5) is 21.1. The molecule has 0 radical (unpaired) electrons. The second-order valence-electron chi connectivity index (χ2n) is 4.94. The van der Waals surface area contributed by atoms with Crippen molar-refractivity contribution in [3.05, 3.63) is 47.2 Å². The van der Waals surface area contributed by atoms with Crippen LogP contribution < -0.4 is 5.32 Å². The van der Waals surface area contributed by atoms with Crippen LogP contribution in [0.4, 0.5) is 8.78 Å². The zero-order chi connectivity index (χ0) is 17.1. The first-order valence-corrected chi connectivity index (χ1v) is 7.97. The van der Waals surface area contributed by atoms with Crippen LogP contribution in [0.3, 0.4) is 0 Å².